The third kappa shape index (κ3) is 1.83. The summed E-state index contributed by atoms with van der Waals surface area (Å²) in [5.41, 5.74) is 0.390. The number of hydrogen-bond acceptors (Lipinski definition) is 4. The Balaban J connectivity index is 2.38. The summed E-state index contributed by atoms with van der Waals surface area (Å²) in [6, 6.07) is 0. The zero-order chi connectivity index (χ0) is 10.9. The molecule has 0 aliphatic heterocycles. The van der Waals surface area contributed by atoms with E-state index in [1.54, 1.807) is 0 Å². The topological polar surface area (TPSA) is 39.2 Å². The van der Waals surface area contributed by atoms with Crippen LogP contribution in [0.15, 0.2) is 9.30 Å². The van der Waals surface area contributed by atoms with Gasteiger partial charge < -0.3 is 4.74 Å². The van der Waals surface area contributed by atoms with Gasteiger partial charge in [0.2, 0.25) is 0 Å². The SMILES string of the molecule is COC(=O)C1(c2csc(Br)n2)CCCC1. The summed E-state index contributed by atoms with van der Waals surface area (Å²) in [7, 11) is 1.45. The lowest BCUT2D eigenvalue weighted by Crippen LogP contribution is -2.34. The summed E-state index contributed by atoms with van der Waals surface area (Å²) >= 11 is 4.85. The normalized spacial score (nSPS) is 19.1. The fraction of sp³-hybridized carbons (Fsp3) is 0.600. The number of aromatic nitrogens is 1. The fourth-order valence-corrected chi connectivity index (χ4v) is 3.32. The second-order valence-electron chi connectivity index (χ2n) is 3.77. The van der Waals surface area contributed by atoms with Gasteiger partial charge in [0.25, 0.3) is 0 Å². The van der Waals surface area contributed by atoms with Crippen molar-refractivity contribution in [3.8, 4) is 0 Å². The molecule has 1 saturated carbocycles. The van der Waals surface area contributed by atoms with Gasteiger partial charge >= 0.3 is 5.97 Å². The minimum atomic E-state index is -0.475. The minimum absolute atomic E-state index is 0.141. The van der Waals surface area contributed by atoms with Gasteiger partial charge in [-0.2, -0.15) is 0 Å². The lowest BCUT2D eigenvalue weighted by molar-refractivity contribution is -0.147. The highest BCUT2D eigenvalue weighted by Gasteiger charge is 2.45. The molecule has 0 amide bonds. The van der Waals surface area contributed by atoms with Gasteiger partial charge in [0.05, 0.1) is 12.8 Å². The Morgan fingerprint density at radius 1 is 1.60 bits per heavy atom. The van der Waals surface area contributed by atoms with Crippen LogP contribution in [0, 0.1) is 0 Å². The van der Waals surface area contributed by atoms with Crippen molar-refractivity contribution in [2.75, 3.05) is 7.11 Å². The third-order valence-electron chi connectivity index (χ3n) is 3.00. The van der Waals surface area contributed by atoms with E-state index < -0.39 is 5.41 Å². The van der Waals surface area contributed by atoms with Crippen molar-refractivity contribution in [2.24, 2.45) is 0 Å². The minimum Gasteiger partial charge on any atom is -0.468 e. The van der Waals surface area contributed by atoms with Crippen LogP contribution in [0.1, 0.15) is 31.4 Å². The van der Waals surface area contributed by atoms with Crippen LogP contribution in [0.2, 0.25) is 0 Å². The lowest BCUT2D eigenvalue weighted by atomic mass is 9.83. The largest absolute Gasteiger partial charge is 0.468 e. The molecule has 1 fully saturated rings. The van der Waals surface area contributed by atoms with Crippen LogP contribution >= 0.6 is 27.3 Å². The van der Waals surface area contributed by atoms with Crippen LogP contribution in [-0.4, -0.2) is 18.1 Å². The molecule has 0 atom stereocenters. The summed E-state index contributed by atoms with van der Waals surface area (Å²) in [6.45, 7) is 0. The summed E-state index contributed by atoms with van der Waals surface area (Å²) in [5, 5.41) is 1.95. The molecule has 1 aromatic heterocycles. The Labute approximate surface area is 101 Å². The summed E-state index contributed by atoms with van der Waals surface area (Å²) in [6.07, 6.45) is 3.86. The summed E-state index contributed by atoms with van der Waals surface area (Å²) in [4.78, 5) is 16.2. The molecule has 0 N–H and O–H groups in total. The maximum Gasteiger partial charge on any atom is 0.317 e. The average molecular weight is 290 g/mol. The van der Waals surface area contributed by atoms with Crippen LogP contribution in [0.4, 0.5) is 0 Å². The van der Waals surface area contributed by atoms with Crippen LogP contribution < -0.4 is 0 Å². The Morgan fingerprint density at radius 2 is 2.27 bits per heavy atom. The Hall–Kier alpha value is -0.420. The number of rotatable bonds is 2. The van der Waals surface area contributed by atoms with Gasteiger partial charge in [0, 0.05) is 5.38 Å². The van der Waals surface area contributed by atoms with E-state index in [2.05, 4.69) is 20.9 Å². The molecule has 2 rings (SSSR count). The predicted octanol–water partition coefficient (Wildman–Crippen LogP) is 2.89. The Bertz CT molecular complexity index is 371. The number of esters is 1. The van der Waals surface area contributed by atoms with Gasteiger partial charge in [-0.15, -0.1) is 11.3 Å². The second kappa shape index (κ2) is 4.22. The quantitative estimate of drug-likeness (QED) is 0.786. The maximum atomic E-state index is 11.9. The first-order valence-corrected chi connectivity index (χ1v) is 6.56. The molecule has 1 heterocycles. The van der Waals surface area contributed by atoms with E-state index in [-0.39, 0.29) is 5.97 Å². The highest BCUT2D eigenvalue weighted by Crippen LogP contribution is 2.42. The molecule has 0 aromatic carbocycles. The molecule has 0 radical (unpaired) electrons. The van der Waals surface area contributed by atoms with Gasteiger partial charge in [-0.25, -0.2) is 4.98 Å². The van der Waals surface area contributed by atoms with Crippen molar-refractivity contribution >= 4 is 33.2 Å². The lowest BCUT2D eigenvalue weighted by Gasteiger charge is -2.23. The summed E-state index contributed by atoms with van der Waals surface area (Å²) in [5.74, 6) is -0.141. The van der Waals surface area contributed by atoms with E-state index in [1.807, 2.05) is 5.38 Å². The van der Waals surface area contributed by atoms with Crippen LogP contribution in [0.25, 0.3) is 0 Å². The van der Waals surface area contributed by atoms with Crippen molar-refractivity contribution in [2.45, 2.75) is 31.1 Å². The first-order chi connectivity index (χ1) is 7.19. The van der Waals surface area contributed by atoms with Crippen molar-refractivity contribution in [1.82, 2.24) is 4.98 Å². The smallest absolute Gasteiger partial charge is 0.317 e. The van der Waals surface area contributed by atoms with Crippen LogP contribution in [-0.2, 0) is 14.9 Å². The molecule has 1 aliphatic carbocycles. The molecule has 0 spiro atoms. The molecule has 15 heavy (non-hydrogen) atoms. The third-order valence-corrected chi connectivity index (χ3v) is 4.36. The van der Waals surface area contributed by atoms with E-state index in [0.29, 0.717) is 0 Å². The zero-order valence-electron chi connectivity index (χ0n) is 8.46. The van der Waals surface area contributed by atoms with Crippen LogP contribution in [0.3, 0.4) is 0 Å². The number of ether oxygens (including phenoxy) is 1. The molecular weight excluding hydrogens is 278 g/mol. The number of methoxy groups -OCH3 is 1. The predicted molar refractivity (Wildman–Crippen MR) is 62.0 cm³/mol. The van der Waals surface area contributed by atoms with Crippen LogP contribution in [0.5, 0.6) is 0 Å². The van der Waals surface area contributed by atoms with E-state index in [0.717, 1.165) is 35.3 Å². The number of thiazole rings is 1. The molecule has 82 valence electrons. The van der Waals surface area contributed by atoms with Gasteiger partial charge in [-0.1, -0.05) is 12.8 Å². The van der Waals surface area contributed by atoms with E-state index >= 15 is 0 Å². The number of carbonyl (C=O) groups excluding carboxylic acids is 1. The fourth-order valence-electron chi connectivity index (χ4n) is 2.21. The standard InChI is InChI=1S/C10H12BrNO2S/c1-14-8(13)10(4-2-3-5-10)7-6-15-9(11)12-7/h6H,2-5H2,1H3. The molecule has 0 saturated heterocycles. The summed E-state index contributed by atoms with van der Waals surface area (Å²) < 4.78 is 5.74. The highest BCUT2D eigenvalue weighted by atomic mass is 79.9. The van der Waals surface area contributed by atoms with Crippen molar-refractivity contribution < 1.29 is 9.53 Å². The highest BCUT2D eigenvalue weighted by molar-refractivity contribution is 9.11. The van der Waals surface area contributed by atoms with Crippen molar-refractivity contribution in [3.63, 3.8) is 0 Å². The molecule has 3 nitrogen and oxygen atoms in total. The average Bonchev–Trinajstić information content (AvgIpc) is 2.85. The van der Waals surface area contributed by atoms with E-state index in [4.69, 9.17) is 4.74 Å². The Morgan fingerprint density at radius 3 is 2.73 bits per heavy atom. The van der Waals surface area contributed by atoms with Gasteiger partial charge in [0.15, 0.2) is 3.92 Å². The second-order valence-corrected chi connectivity index (χ2v) is 5.90. The first-order valence-electron chi connectivity index (χ1n) is 4.89. The van der Waals surface area contributed by atoms with Gasteiger partial charge in [-0.05, 0) is 28.8 Å². The van der Waals surface area contributed by atoms with E-state index in [9.17, 15) is 4.79 Å². The molecular formula is C10H12BrNO2S. The van der Waals surface area contributed by atoms with E-state index in [1.165, 1.54) is 18.4 Å². The number of carbonyl (C=O) groups is 1. The zero-order valence-corrected chi connectivity index (χ0v) is 10.9. The number of halogens is 1. The molecule has 0 bridgehead atoms. The maximum absolute atomic E-state index is 11.9. The number of hydrogen-bond donors (Lipinski definition) is 0. The monoisotopic (exact) mass is 289 g/mol. The molecule has 1 aromatic rings. The van der Waals surface area contributed by atoms with Gasteiger partial charge in [0.1, 0.15) is 5.41 Å². The molecule has 0 unspecified atom stereocenters. The van der Waals surface area contributed by atoms with Crippen molar-refractivity contribution in [1.29, 1.82) is 0 Å². The molecule has 5 heteroatoms. The van der Waals surface area contributed by atoms with Gasteiger partial charge in [-0.3, -0.25) is 4.79 Å². The molecule has 1 aliphatic rings. The Kier molecular flexibility index (Phi) is 3.11. The van der Waals surface area contributed by atoms with Crippen molar-refractivity contribution in [3.05, 3.63) is 15.0 Å². The number of nitrogens with zero attached hydrogens (tertiary/aromatic N) is 1. The first kappa shape index (κ1) is 11.1.